The van der Waals surface area contributed by atoms with Crippen LogP contribution >= 0.6 is 27.5 Å². The topological polar surface area (TPSA) is 47.6 Å². The van der Waals surface area contributed by atoms with Gasteiger partial charge in [-0.1, -0.05) is 18.2 Å². The van der Waals surface area contributed by atoms with Crippen molar-refractivity contribution in [2.45, 2.75) is 6.92 Å². The number of rotatable bonds is 7. The third kappa shape index (κ3) is 5.91. The molecular weight excluding hydrogens is 394 g/mol. The summed E-state index contributed by atoms with van der Waals surface area (Å²) in [5.74, 6) is 1.02. The molecule has 1 N–H and O–H groups in total. The zero-order valence-corrected chi connectivity index (χ0v) is 15.5. The highest BCUT2D eigenvalue weighted by Crippen LogP contribution is 2.27. The predicted molar refractivity (Wildman–Crippen MR) is 100 cm³/mol. The number of hydrogen-bond donors (Lipinski definition) is 1. The molecule has 126 valence electrons. The average molecular weight is 411 g/mol. The molecule has 1 amide bonds. The molecule has 0 atom stereocenters. The van der Waals surface area contributed by atoms with Crippen LogP contribution in [-0.4, -0.2) is 19.1 Å². The van der Waals surface area contributed by atoms with Crippen LogP contribution in [0.15, 0.2) is 59.1 Å². The van der Waals surface area contributed by atoms with Gasteiger partial charge in [0.2, 0.25) is 0 Å². The molecule has 0 aliphatic rings. The Balaban J connectivity index is 1.84. The summed E-state index contributed by atoms with van der Waals surface area (Å²) in [5, 5.41) is 3.35. The molecule has 0 aromatic heterocycles. The van der Waals surface area contributed by atoms with E-state index in [4.69, 9.17) is 21.1 Å². The van der Waals surface area contributed by atoms with Gasteiger partial charge in [0.05, 0.1) is 4.47 Å². The van der Waals surface area contributed by atoms with Crippen LogP contribution in [0, 0.1) is 0 Å². The van der Waals surface area contributed by atoms with E-state index in [1.807, 2.05) is 6.92 Å². The van der Waals surface area contributed by atoms with Crippen molar-refractivity contribution in [3.8, 4) is 11.5 Å². The van der Waals surface area contributed by atoms with Crippen molar-refractivity contribution in [2.75, 3.05) is 18.5 Å². The maximum Gasteiger partial charge on any atom is 0.262 e. The van der Waals surface area contributed by atoms with Gasteiger partial charge in [0.25, 0.3) is 5.91 Å². The molecule has 0 spiro atoms. The fourth-order valence-corrected chi connectivity index (χ4v) is 2.57. The first-order valence-electron chi connectivity index (χ1n) is 7.19. The molecule has 2 aromatic rings. The third-order valence-corrected chi connectivity index (χ3v) is 3.73. The predicted octanol–water partition coefficient (Wildman–Crippen LogP) is 5.07. The lowest BCUT2D eigenvalue weighted by Gasteiger charge is -2.10. The standard InChI is InChI=1S/C18H17BrClNO3/c1-12(2)10-23-15-6-4-14(5-7-15)21-18(22)11-24-17-8-3-13(20)9-16(17)19/h3-9H,1,10-11H2,2H3,(H,21,22). The van der Waals surface area contributed by atoms with E-state index in [2.05, 4.69) is 27.8 Å². The van der Waals surface area contributed by atoms with Crippen molar-refractivity contribution in [3.63, 3.8) is 0 Å². The molecule has 0 bridgehead atoms. The number of anilines is 1. The minimum absolute atomic E-state index is 0.103. The van der Waals surface area contributed by atoms with Gasteiger partial charge in [-0.2, -0.15) is 0 Å². The number of hydrogen-bond acceptors (Lipinski definition) is 3. The van der Waals surface area contributed by atoms with Gasteiger partial charge >= 0.3 is 0 Å². The summed E-state index contributed by atoms with van der Waals surface area (Å²) in [6.07, 6.45) is 0. The first-order chi connectivity index (χ1) is 11.4. The minimum Gasteiger partial charge on any atom is -0.489 e. The third-order valence-electron chi connectivity index (χ3n) is 2.88. The molecule has 0 radical (unpaired) electrons. The summed E-state index contributed by atoms with van der Waals surface area (Å²) in [5.41, 5.74) is 1.61. The van der Waals surface area contributed by atoms with Crippen LogP contribution in [0.2, 0.25) is 5.02 Å². The number of ether oxygens (including phenoxy) is 2. The van der Waals surface area contributed by atoms with Crippen molar-refractivity contribution in [1.82, 2.24) is 0 Å². The van der Waals surface area contributed by atoms with Crippen LogP contribution < -0.4 is 14.8 Å². The first-order valence-corrected chi connectivity index (χ1v) is 8.36. The highest BCUT2D eigenvalue weighted by molar-refractivity contribution is 9.10. The molecule has 0 aliphatic carbocycles. The van der Waals surface area contributed by atoms with Crippen molar-refractivity contribution in [2.24, 2.45) is 0 Å². The van der Waals surface area contributed by atoms with Crippen LogP contribution in [0.3, 0.4) is 0 Å². The summed E-state index contributed by atoms with van der Waals surface area (Å²) < 4.78 is 11.7. The van der Waals surface area contributed by atoms with E-state index in [9.17, 15) is 4.79 Å². The maximum absolute atomic E-state index is 11.9. The minimum atomic E-state index is -0.257. The monoisotopic (exact) mass is 409 g/mol. The molecule has 0 saturated heterocycles. The van der Waals surface area contributed by atoms with Crippen LogP contribution in [0.5, 0.6) is 11.5 Å². The lowest BCUT2D eigenvalue weighted by molar-refractivity contribution is -0.118. The molecule has 2 rings (SSSR count). The second kappa shape index (κ2) is 8.76. The Labute approximate surface area is 154 Å². The van der Waals surface area contributed by atoms with Gasteiger partial charge in [0, 0.05) is 10.7 Å². The van der Waals surface area contributed by atoms with Crippen LogP contribution in [0.1, 0.15) is 6.92 Å². The second-order valence-corrected chi connectivity index (χ2v) is 6.47. The summed E-state index contributed by atoms with van der Waals surface area (Å²) in [6.45, 7) is 6.04. The lowest BCUT2D eigenvalue weighted by atomic mass is 10.3. The summed E-state index contributed by atoms with van der Waals surface area (Å²) in [6, 6.07) is 12.2. The van der Waals surface area contributed by atoms with E-state index in [1.165, 1.54) is 0 Å². The van der Waals surface area contributed by atoms with Crippen molar-refractivity contribution in [1.29, 1.82) is 0 Å². The summed E-state index contributed by atoms with van der Waals surface area (Å²) in [4.78, 5) is 11.9. The Hall–Kier alpha value is -1.98. The number of halogens is 2. The van der Waals surface area contributed by atoms with Crippen LogP contribution in [0.4, 0.5) is 5.69 Å². The van der Waals surface area contributed by atoms with E-state index >= 15 is 0 Å². The quantitative estimate of drug-likeness (QED) is 0.648. The van der Waals surface area contributed by atoms with Gasteiger partial charge in [-0.3, -0.25) is 4.79 Å². The van der Waals surface area contributed by atoms with Gasteiger partial charge in [0.15, 0.2) is 6.61 Å². The molecule has 0 saturated carbocycles. The summed E-state index contributed by atoms with van der Waals surface area (Å²) >= 11 is 9.20. The Bertz CT molecular complexity index is 732. The van der Waals surface area contributed by atoms with Gasteiger partial charge < -0.3 is 14.8 Å². The Kier molecular flexibility index (Phi) is 6.70. The highest BCUT2D eigenvalue weighted by Gasteiger charge is 2.07. The average Bonchev–Trinajstić information content (AvgIpc) is 2.53. The first kappa shape index (κ1) is 18.4. The van der Waals surface area contributed by atoms with Crippen molar-refractivity contribution < 1.29 is 14.3 Å². The second-order valence-electron chi connectivity index (χ2n) is 5.18. The van der Waals surface area contributed by atoms with E-state index < -0.39 is 0 Å². The number of carbonyl (C=O) groups is 1. The van der Waals surface area contributed by atoms with Gasteiger partial charge in [0.1, 0.15) is 18.1 Å². The highest BCUT2D eigenvalue weighted by atomic mass is 79.9. The zero-order chi connectivity index (χ0) is 17.5. The Morgan fingerprint density at radius 1 is 1.17 bits per heavy atom. The molecule has 4 nitrogen and oxygen atoms in total. The Morgan fingerprint density at radius 3 is 2.50 bits per heavy atom. The Morgan fingerprint density at radius 2 is 1.88 bits per heavy atom. The molecule has 0 aliphatic heterocycles. The van der Waals surface area contributed by atoms with Gasteiger partial charge in [-0.15, -0.1) is 0 Å². The lowest BCUT2D eigenvalue weighted by Crippen LogP contribution is -2.20. The van der Waals surface area contributed by atoms with Crippen LogP contribution in [0.25, 0.3) is 0 Å². The maximum atomic E-state index is 11.9. The zero-order valence-electron chi connectivity index (χ0n) is 13.1. The molecule has 2 aromatic carbocycles. The molecule has 0 fully saturated rings. The molecule has 0 unspecified atom stereocenters. The molecule has 24 heavy (non-hydrogen) atoms. The van der Waals surface area contributed by atoms with E-state index in [0.29, 0.717) is 27.5 Å². The van der Waals surface area contributed by atoms with E-state index in [1.54, 1.807) is 42.5 Å². The van der Waals surface area contributed by atoms with Crippen LogP contribution in [-0.2, 0) is 4.79 Å². The molecule has 6 heteroatoms. The number of carbonyl (C=O) groups excluding carboxylic acids is 1. The van der Waals surface area contributed by atoms with Gasteiger partial charge in [-0.05, 0) is 70.9 Å². The smallest absolute Gasteiger partial charge is 0.262 e. The van der Waals surface area contributed by atoms with Crippen molar-refractivity contribution in [3.05, 3.63) is 64.1 Å². The summed E-state index contributed by atoms with van der Waals surface area (Å²) in [7, 11) is 0. The van der Waals surface area contributed by atoms with E-state index in [0.717, 1.165) is 11.3 Å². The SMILES string of the molecule is C=C(C)COc1ccc(NC(=O)COc2ccc(Cl)cc2Br)cc1. The van der Waals surface area contributed by atoms with Gasteiger partial charge in [-0.25, -0.2) is 0 Å². The molecule has 0 heterocycles. The normalized spacial score (nSPS) is 10.1. The van der Waals surface area contributed by atoms with E-state index in [-0.39, 0.29) is 12.5 Å². The number of nitrogens with one attached hydrogen (secondary N) is 1. The number of benzene rings is 2. The fraction of sp³-hybridized carbons (Fsp3) is 0.167. The van der Waals surface area contributed by atoms with Crippen molar-refractivity contribution >= 4 is 39.1 Å². The fourth-order valence-electron chi connectivity index (χ4n) is 1.77. The number of amides is 1. The molecular formula is C18H17BrClNO3. The largest absolute Gasteiger partial charge is 0.489 e.